The number of nitrogens with zero attached hydrogens (tertiary/aromatic N) is 6. The minimum Gasteiger partial charge on any atom is -0.491 e. The first-order valence-electron chi connectivity index (χ1n) is 15.1. The Bertz CT molecular complexity index is 1820. The molecule has 2 aliphatic heterocycles. The van der Waals surface area contributed by atoms with Crippen LogP contribution in [0.5, 0.6) is 5.75 Å². The molecule has 5 aromatic rings. The molecule has 0 amide bonds. The quantitative estimate of drug-likeness (QED) is 0.178. The van der Waals surface area contributed by atoms with Crippen LogP contribution >= 0.6 is 34.5 Å². The van der Waals surface area contributed by atoms with Crippen molar-refractivity contribution in [1.29, 1.82) is 0 Å². The van der Waals surface area contributed by atoms with Crippen molar-refractivity contribution >= 4 is 51.6 Å². The zero-order chi connectivity index (χ0) is 31.5. The number of thiazole rings is 1. The third-order valence-corrected chi connectivity index (χ3v) is 9.66. The van der Waals surface area contributed by atoms with Crippen molar-refractivity contribution in [2.75, 3.05) is 49.2 Å². The Kier molecular flexibility index (Phi) is 9.06. The maximum absolute atomic E-state index is 6.60. The molecule has 2 atom stereocenters. The second-order valence-electron chi connectivity index (χ2n) is 11.4. The third kappa shape index (κ3) is 6.82. The molecule has 2 saturated heterocycles. The van der Waals surface area contributed by atoms with Gasteiger partial charge in [-0.3, -0.25) is 0 Å². The highest BCUT2D eigenvalue weighted by Crippen LogP contribution is 2.40. The number of rotatable bonds is 9. The predicted octanol–water partition coefficient (Wildman–Crippen LogP) is 6.50. The average molecular weight is 678 g/mol. The number of imidazole rings is 1. The molecule has 7 rings (SSSR count). The zero-order valence-electron chi connectivity index (χ0n) is 25.3. The van der Waals surface area contributed by atoms with Crippen LogP contribution in [0, 0.1) is 0 Å². The fraction of sp³-hybridized carbons (Fsp3) is 0.294. The molecule has 238 valence electrons. The number of halogens is 2. The smallest absolute Gasteiger partial charge is 0.215 e. The van der Waals surface area contributed by atoms with Gasteiger partial charge in [-0.25, -0.2) is 9.98 Å². The van der Waals surface area contributed by atoms with E-state index in [9.17, 15) is 0 Å². The lowest BCUT2D eigenvalue weighted by atomic mass is 10.1. The van der Waals surface area contributed by atoms with Gasteiger partial charge >= 0.3 is 0 Å². The lowest BCUT2D eigenvalue weighted by Gasteiger charge is -2.37. The molecular weight excluding hydrogens is 643 g/mol. The lowest BCUT2D eigenvalue weighted by Crippen LogP contribution is -2.46. The zero-order valence-corrected chi connectivity index (χ0v) is 27.7. The monoisotopic (exact) mass is 676 g/mol. The molecule has 0 spiro atoms. The van der Waals surface area contributed by atoms with Crippen molar-refractivity contribution in [3.05, 3.63) is 117 Å². The van der Waals surface area contributed by atoms with Gasteiger partial charge in [-0.2, -0.15) is 0 Å². The van der Waals surface area contributed by atoms with Gasteiger partial charge < -0.3 is 33.1 Å². The van der Waals surface area contributed by atoms with Crippen LogP contribution in [0.1, 0.15) is 5.56 Å². The Labute approximate surface area is 281 Å². The van der Waals surface area contributed by atoms with E-state index < -0.39 is 5.79 Å². The third-order valence-electron chi connectivity index (χ3n) is 8.27. The van der Waals surface area contributed by atoms with Crippen molar-refractivity contribution in [2.45, 2.75) is 18.4 Å². The molecule has 0 bridgehead atoms. The van der Waals surface area contributed by atoms with Crippen LogP contribution in [-0.4, -0.2) is 59.6 Å². The van der Waals surface area contributed by atoms with Crippen molar-refractivity contribution in [2.24, 2.45) is 12.0 Å². The van der Waals surface area contributed by atoms with Gasteiger partial charge in [-0.05, 0) is 60.7 Å². The van der Waals surface area contributed by atoms with Crippen molar-refractivity contribution < 1.29 is 14.2 Å². The minimum atomic E-state index is -1.08. The standard InChI is InChI=1S/C34H34Cl2N6O3S/c1-39-18-19-46-33(39)38-26-3-5-27(6-4-26)41-14-16-42(17-15-41)28-7-9-29(10-8-28)43-21-30-22-44-34(45-30,23-40-13-12-37-24-40)31-11-2-25(35)20-32(31)36/h2-13,18-20,24,30H,14-17,21-23H2,1H3/b38-33-. The molecule has 2 aromatic heterocycles. The SMILES string of the molecule is Cn1ccs/c1=N\c1ccc(N2CCN(c3ccc(OCC4COC(Cn5ccnc5)(c5ccc(Cl)cc5Cl)O4)cc3)CC2)cc1. The van der Waals surface area contributed by atoms with Gasteiger partial charge in [0.15, 0.2) is 4.80 Å². The molecule has 0 saturated carbocycles. The Morgan fingerprint density at radius 1 is 0.957 bits per heavy atom. The first kappa shape index (κ1) is 30.8. The summed E-state index contributed by atoms with van der Waals surface area (Å²) in [5.41, 5.74) is 4.09. The fourth-order valence-corrected chi connectivity index (χ4v) is 7.13. The van der Waals surface area contributed by atoms with E-state index in [0.717, 1.165) is 48.0 Å². The van der Waals surface area contributed by atoms with E-state index in [-0.39, 0.29) is 6.10 Å². The van der Waals surface area contributed by atoms with Crippen molar-refractivity contribution in [3.8, 4) is 5.75 Å². The van der Waals surface area contributed by atoms with E-state index in [2.05, 4.69) is 51.2 Å². The summed E-state index contributed by atoms with van der Waals surface area (Å²) >= 11 is 14.4. The maximum atomic E-state index is 6.60. The molecule has 46 heavy (non-hydrogen) atoms. The van der Waals surface area contributed by atoms with Crippen LogP contribution in [0.25, 0.3) is 0 Å². The number of aryl methyl sites for hydroxylation is 1. The highest BCUT2D eigenvalue weighted by Gasteiger charge is 2.45. The molecule has 0 radical (unpaired) electrons. The average Bonchev–Trinajstić information content (AvgIpc) is 3.84. The first-order valence-corrected chi connectivity index (χ1v) is 16.8. The summed E-state index contributed by atoms with van der Waals surface area (Å²) in [6, 6.07) is 22.1. The summed E-state index contributed by atoms with van der Waals surface area (Å²) in [5.74, 6) is -0.299. The number of piperazine rings is 1. The number of ether oxygens (including phenoxy) is 3. The van der Waals surface area contributed by atoms with Gasteiger partial charge in [0, 0.05) is 79.2 Å². The summed E-state index contributed by atoms with van der Waals surface area (Å²) in [6.07, 6.45) is 7.05. The second-order valence-corrected chi connectivity index (χ2v) is 13.1. The molecule has 0 N–H and O–H groups in total. The second kappa shape index (κ2) is 13.5. The van der Waals surface area contributed by atoms with Crippen LogP contribution in [0.15, 0.2) is 102 Å². The van der Waals surface area contributed by atoms with E-state index >= 15 is 0 Å². The van der Waals surface area contributed by atoms with Crippen LogP contribution in [0.3, 0.4) is 0 Å². The Hall–Kier alpha value is -3.80. The molecule has 9 nitrogen and oxygen atoms in total. The molecule has 0 aliphatic carbocycles. The highest BCUT2D eigenvalue weighted by molar-refractivity contribution is 7.07. The van der Waals surface area contributed by atoms with E-state index in [1.807, 2.05) is 52.2 Å². The Morgan fingerprint density at radius 3 is 2.30 bits per heavy atom. The topological polar surface area (TPSA) is 69.3 Å². The van der Waals surface area contributed by atoms with Crippen molar-refractivity contribution in [3.63, 3.8) is 0 Å². The maximum Gasteiger partial charge on any atom is 0.215 e. The van der Waals surface area contributed by atoms with Crippen LogP contribution in [-0.2, 0) is 28.9 Å². The van der Waals surface area contributed by atoms with Gasteiger partial charge in [0.2, 0.25) is 5.79 Å². The molecule has 4 heterocycles. The minimum absolute atomic E-state index is 0.288. The molecule has 2 fully saturated rings. The van der Waals surface area contributed by atoms with E-state index in [1.165, 1.54) is 11.4 Å². The molecule has 2 aliphatic rings. The number of aromatic nitrogens is 3. The summed E-state index contributed by atoms with van der Waals surface area (Å²) in [7, 11) is 2.01. The molecule has 3 aromatic carbocycles. The summed E-state index contributed by atoms with van der Waals surface area (Å²) in [5, 5.41) is 3.08. The van der Waals surface area contributed by atoms with Gasteiger partial charge in [0.05, 0.1) is 30.2 Å². The number of benzene rings is 3. The van der Waals surface area contributed by atoms with Crippen molar-refractivity contribution in [1.82, 2.24) is 14.1 Å². The Morgan fingerprint density at radius 2 is 1.67 bits per heavy atom. The number of hydrogen-bond donors (Lipinski definition) is 0. The molecule has 12 heteroatoms. The summed E-state index contributed by atoms with van der Waals surface area (Å²) < 4.78 is 22.9. The summed E-state index contributed by atoms with van der Waals surface area (Å²) in [6.45, 7) is 4.88. The van der Waals surface area contributed by atoms with E-state index in [4.69, 9.17) is 42.4 Å². The van der Waals surface area contributed by atoms with Gasteiger partial charge in [0.25, 0.3) is 0 Å². The van der Waals surface area contributed by atoms with Crippen LogP contribution in [0.2, 0.25) is 10.0 Å². The number of hydrogen-bond acceptors (Lipinski definition) is 8. The largest absolute Gasteiger partial charge is 0.491 e. The molecule has 2 unspecified atom stereocenters. The van der Waals surface area contributed by atoms with Crippen LogP contribution in [0.4, 0.5) is 17.1 Å². The van der Waals surface area contributed by atoms with E-state index in [0.29, 0.717) is 29.8 Å². The van der Waals surface area contributed by atoms with Gasteiger partial charge in [-0.1, -0.05) is 29.3 Å². The van der Waals surface area contributed by atoms with Gasteiger partial charge in [0.1, 0.15) is 18.5 Å². The highest BCUT2D eigenvalue weighted by atomic mass is 35.5. The lowest BCUT2D eigenvalue weighted by molar-refractivity contribution is -0.189. The van der Waals surface area contributed by atoms with Crippen LogP contribution < -0.4 is 19.3 Å². The summed E-state index contributed by atoms with van der Waals surface area (Å²) in [4.78, 5) is 14.7. The normalized spacial score (nSPS) is 20.4. The molecular formula is C34H34Cl2N6O3S. The fourth-order valence-electron chi connectivity index (χ4n) is 5.82. The Balaban J connectivity index is 0.930. The van der Waals surface area contributed by atoms with Gasteiger partial charge in [-0.15, -0.1) is 11.3 Å². The number of anilines is 2. The first-order chi connectivity index (χ1) is 22.4. The predicted molar refractivity (Wildman–Crippen MR) is 183 cm³/mol. The van der Waals surface area contributed by atoms with E-state index in [1.54, 1.807) is 36.0 Å².